The van der Waals surface area contributed by atoms with Crippen molar-refractivity contribution in [1.29, 1.82) is 0 Å². The van der Waals surface area contributed by atoms with Crippen molar-refractivity contribution in [2.75, 3.05) is 5.32 Å². The number of H-pyrrole nitrogens is 1. The second-order valence-corrected chi connectivity index (χ2v) is 4.77. The van der Waals surface area contributed by atoms with Gasteiger partial charge in [0, 0.05) is 22.5 Å². The van der Waals surface area contributed by atoms with Gasteiger partial charge in [-0.25, -0.2) is 4.79 Å². The van der Waals surface area contributed by atoms with Crippen LogP contribution < -0.4 is 11.1 Å². The lowest BCUT2D eigenvalue weighted by Crippen LogP contribution is -2.13. The second kappa shape index (κ2) is 5.82. The monoisotopic (exact) mass is 316 g/mol. The molecular weight excluding hydrogens is 308 g/mol. The van der Waals surface area contributed by atoms with Gasteiger partial charge in [-0.1, -0.05) is 16.8 Å². The maximum absolute atomic E-state index is 12.0. The van der Waals surface area contributed by atoms with E-state index in [9.17, 15) is 9.59 Å². The fraction of sp³-hybridized carbons (Fsp3) is 0. The number of nitrogens with zero attached hydrogens (tertiary/aromatic N) is 2. The number of halogens is 1. The molecule has 0 radical (unpaired) electrons. The zero-order valence-corrected chi connectivity index (χ0v) is 11.8. The molecule has 0 saturated carbocycles. The van der Waals surface area contributed by atoms with Gasteiger partial charge in [0.15, 0.2) is 5.82 Å². The van der Waals surface area contributed by atoms with Crippen molar-refractivity contribution < 1.29 is 9.32 Å². The number of aromatic amines is 1. The molecule has 0 aliphatic heterocycles. The molecule has 110 valence electrons. The third kappa shape index (κ3) is 3.04. The summed E-state index contributed by atoms with van der Waals surface area (Å²) in [6, 6.07) is 9.79. The number of benzene rings is 1. The Labute approximate surface area is 128 Å². The fourth-order valence-electron chi connectivity index (χ4n) is 1.79. The van der Waals surface area contributed by atoms with Gasteiger partial charge in [0.05, 0.1) is 0 Å². The molecule has 0 bridgehead atoms. The van der Waals surface area contributed by atoms with Gasteiger partial charge < -0.3 is 5.32 Å². The predicted molar refractivity (Wildman–Crippen MR) is 79.8 cm³/mol. The number of hydrogen-bond acceptors (Lipinski definition) is 5. The molecule has 22 heavy (non-hydrogen) atoms. The number of amides is 1. The van der Waals surface area contributed by atoms with Crippen molar-refractivity contribution in [2.24, 2.45) is 0 Å². The average molecular weight is 317 g/mol. The molecule has 3 rings (SSSR count). The van der Waals surface area contributed by atoms with Crippen LogP contribution in [0, 0.1) is 0 Å². The van der Waals surface area contributed by atoms with E-state index in [0.29, 0.717) is 22.1 Å². The van der Waals surface area contributed by atoms with Crippen LogP contribution in [-0.2, 0) is 0 Å². The van der Waals surface area contributed by atoms with E-state index in [1.165, 1.54) is 12.3 Å². The van der Waals surface area contributed by atoms with Crippen molar-refractivity contribution in [3.63, 3.8) is 0 Å². The van der Waals surface area contributed by atoms with Crippen LogP contribution in [0.3, 0.4) is 0 Å². The number of pyridine rings is 1. The van der Waals surface area contributed by atoms with Crippen molar-refractivity contribution >= 4 is 23.2 Å². The molecule has 8 heteroatoms. The molecule has 1 aromatic carbocycles. The van der Waals surface area contributed by atoms with Crippen molar-refractivity contribution in [3.05, 3.63) is 63.9 Å². The Kier molecular flexibility index (Phi) is 3.71. The highest BCUT2D eigenvalue weighted by atomic mass is 35.5. The minimum absolute atomic E-state index is 0.220. The molecule has 0 unspecified atom stereocenters. The quantitative estimate of drug-likeness (QED) is 0.772. The van der Waals surface area contributed by atoms with Gasteiger partial charge in [0.25, 0.3) is 5.91 Å². The number of rotatable bonds is 3. The third-order valence-corrected chi connectivity index (χ3v) is 3.05. The fourth-order valence-corrected chi connectivity index (χ4v) is 1.95. The molecule has 2 aromatic heterocycles. The molecule has 2 N–H and O–H groups in total. The van der Waals surface area contributed by atoms with Gasteiger partial charge >= 0.3 is 5.76 Å². The summed E-state index contributed by atoms with van der Waals surface area (Å²) in [4.78, 5) is 29.3. The summed E-state index contributed by atoms with van der Waals surface area (Å²) < 4.78 is 4.43. The molecule has 0 fully saturated rings. The Morgan fingerprint density at radius 2 is 2.00 bits per heavy atom. The van der Waals surface area contributed by atoms with E-state index in [-0.39, 0.29) is 11.6 Å². The van der Waals surface area contributed by atoms with Gasteiger partial charge in [-0.3, -0.25) is 19.3 Å². The van der Waals surface area contributed by atoms with E-state index >= 15 is 0 Å². The molecular formula is C14H9ClN4O3. The Morgan fingerprint density at radius 1 is 1.23 bits per heavy atom. The minimum Gasteiger partial charge on any atom is -0.321 e. The van der Waals surface area contributed by atoms with Gasteiger partial charge in [-0.2, -0.15) is 0 Å². The molecule has 7 nitrogen and oxygen atoms in total. The van der Waals surface area contributed by atoms with Crippen LogP contribution in [-0.4, -0.2) is 21.0 Å². The molecule has 0 aliphatic rings. The Balaban J connectivity index is 1.76. The molecule has 0 aliphatic carbocycles. The molecule has 0 atom stereocenters. The number of anilines is 1. The van der Waals surface area contributed by atoms with Crippen LogP contribution in [0.15, 0.2) is 51.9 Å². The predicted octanol–water partition coefficient (Wildman–Crippen LogP) is 2.33. The Morgan fingerprint density at radius 3 is 2.64 bits per heavy atom. The van der Waals surface area contributed by atoms with Crippen LogP contribution >= 0.6 is 11.6 Å². The minimum atomic E-state index is -0.626. The molecule has 0 saturated heterocycles. The van der Waals surface area contributed by atoms with E-state index in [4.69, 9.17) is 11.6 Å². The summed E-state index contributed by atoms with van der Waals surface area (Å²) in [6.07, 6.45) is 1.46. The van der Waals surface area contributed by atoms with Crippen molar-refractivity contribution in [3.8, 4) is 11.4 Å². The van der Waals surface area contributed by atoms with Crippen molar-refractivity contribution in [2.45, 2.75) is 0 Å². The normalized spacial score (nSPS) is 10.4. The lowest BCUT2D eigenvalue weighted by molar-refractivity contribution is 0.102. The largest absolute Gasteiger partial charge is 0.439 e. The first-order valence-electron chi connectivity index (χ1n) is 6.21. The first kappa shape index (κ1) is 14.0. The molecule has 2 heterocycles. The SMILES string of the molecule is O=C(Nc1ccc(-c2noc(=O)[nH]2)cc1)c1cc(Cl)ccn1. The lowest BCUT2D eigenvalue weighted by Gasteiger charge is -2.05. The van der Waals surface area contributed by atoms with Crippen LogP contribution in [0.2, 0.25) is 5.02 Å². The van der Waals surface area contributed by atoms with Gasteiger partial charge in [-0.05, 0) is 36.4 Å². The van der Waals surface area contributed by atoms with Crippen LogP contribution in [0.25, 0.3) is 11.4 Å². The molecule has 3 aromatic rings. The number of aromatic nitrogens is 3. The summed E-state index contributed by atoms with van der Waals surface area (Å²) in [5.41, 5.74) is 1.45. The zero-order chi connectivity index (χ0) is 15.5. The number of carbonyl (C=O) groups is 1. The van der Waals surface area contributed by atoms with E-state index in [1.807, 2.05) is 0 Å². The first-order chi connectivity index (χ1) is 10.6. The summed E-state index contributed by atoms with van der Waals surface area (Å²) in [5, 5.41) is 6.71. The number of carbonyl (C=O) groups excluding carboxylic acids is 1. The van der Waals surface area contributed by atoms with Gasteiger partial charge in [0.2, 0.25) is 0 Å². The van der Waals surface area contributed by atoms with E-state index in [1.54, 1.807) is 30.3 Å². The average Bonchev–Trinajstić information content (AvgIpc) is 2.94. The number of hydrogen-bond donors (Lipinski definition) is 2. The lowest BCUT2D eigenvalue weighted by atomic mass is 10.2. The standard InChI is InChI=1S/C14H9ClN4O3/c15-9-5-6-16-11(7-9)13(20)17-10-3-1-8(2-4-10)12-18-14(21)22-19-12/h1-7H,(H,17,20)(H,18,19,21). The van der Waals surface area contributed by atoms with Crippen LogP contribution in [0.4, 0.5) is 5.69 Å². The van der Waals surface area contributed by atoms with Crippen molar-refractivity contribution in [1.82, 2.24) is 15.1 Å². The highest BCUT2D eigenvalue weighted by Gasteiger charge is 2.09. The van der Waals surface area contributed by atoms with E-state index in [0.717, 1.165) is 0 Å². The van der Waals surface area contributed by atoms with Crippen LogP contribution in [0.1, 0.15) is 10.5 Å². The van der Waals surface area contributed by atoms with Gasteiger partial charge in [-0.15, -0.1) is 0 Å². The Bertz CT molecular complexity index is 870. The highest BCUT2D eigenvalue weighted by molar-refractivity contribution is 6.30. The number of nitrogens with one attached hydrogen (secondary N) is 2. The second-order valence-electron chi connectivity index (χ2n) is 4.33. The maximum Gasteiger partial charge on any atom is 0.439 e. The topological polar surface area (TPSA) is 101 Å². The Hall–Kier alpha value is -2.93. The zero-order valence-electron chi connectivity index (χ0n) is 11.0. The summed E-state index contributed by atoms with van der Waals surface area (Å²) in [5.74, 6) is -0.677. The smallest absolute Gasteiger partial charge is 0.321 e. The molecule has 0 spiro atoms. The summed E-state index contributed by atoms with van der Waals surface area (Å²) in [6.45, 7) is 0. The first-order valence-corrected chi connectivity index (χ1v) is 6.59. The van der Waals surface area contributed by atoms with E-state index < -0.39 is 5.76 Å². The van der Waals surface area contributed by atoms with Gasteiger partial charge in [0.1, 0.15) is 5.69 Å². The molecule has 1 amide bonds. The summed E-state index contributed by atoms with van der Waals surface area (Å²) in [7, 11) is 0. The maximum atomic E-state index is 12.0. The third-order valence-electron chi connectivity index (χ3n) is 2.81. The summed E-state index contributed by atoms with van der Waals surface area (Å²) >= 11 is 5.82. The van der Waals surface area contributed by atoms with Crippen LogP contribution in [0.5, 0.6) is 0 Å². The van der Waals surface area contributed by atoms with E-state index in [2.05, 4.69) is 25.0 Å². The highest BCUT2D eigenvalue weighted by Crippen LogP contribution is 2.17.